The number of carbonyl (C=O) groups is 2. The molecule has 6 nitrogen and oxygen atoms in total. The molecule has 1 saturated carbocycles. The molecule has 1 fully saturated rings. The van der Waals surface area contributed by atoms with Crippen molar-refractivity contribution in [2.45, 2.75) is 51.1 Å². The first-order chi connectivity index (χ1) is 17.0. The van der Waals surface area contributed by atoms with E-state index in [4.69, 9.17) is 9.47 Å². The number of hydrogen-bond donors (Lipinski definition) is 1. The highest BCUT2D eigenvalue weighted by Gasteiger charge is 2.35. The van der Waals surface area contributed by atoms with E-state index < -0.39 is 6.04 Å². The van der Waals surface area contributed by atoms with Crippen molar-refractivity contribution in [1.29, 1.82) is 0 Å². The molecule has 0 bridgehead atoms. The Balaban J connectivity index is 1.81. The molecule has 3 aromatic rings. The van der Waals surface area contributed by atoms with Gasteiger partial charge in [-0.3, -0.25) is 14.5 Å². The van der Waals surface area contributed by atoms with Crippen LogP contribution in [0.3, 0.4) is 0 Å². The maximum Gasteiger partial charge on any atom is 0.248 e. The van der Waals surface area contributed by atoms with Crippen LogP contribution in [0, 0.1) is 6.92 Å². The molecule has 0 saturated heterocycles. The molecule has 1 unspecified atom stereocenters. The molecule has 0 radical (unpaired) electrons. The third-order valence-corrected chi connectivity index (χ3v) is 7.26. The minimum Gasteiger partial charge on any atom is -0.493 e. The summed E-state index contributed by atoms with van der Waals surface area (Å²) in [5.41, 5.74) is 2.37. The van der Waals surface area contributed by atoms with Crippen LogP contribution in [-0.2, 0) is 16.0 Å². The van der Waals surface area contributed by atoms with Gasteiger partial charge in [0.2, 0.25) is 11.8 Å². The number of amides is 2. The number of nitrogens with zero attached hydrogens (tertiary/aromatic N) is 1. The standard InChI is InChI=1S/C28H32N2O4S/c1-19-8-6-11-22(16-19)30(26(31)18-23-12-7-15-35-23)27(28(32)29-21-9-4-5-10-21)20-13-14-24(33-2)25(17-20)34-3/h6-8,11-17,21,27H,4-5,9-10,18H2,1-3H3,(H,29,32). The lowest BCUT2D eigenvalue weighted by atomic mass is 10.0. The third-order valence-electron chi connectivity index (χ3n) is 6.39. The van der Waals surface area contributed by atoms with Gasteiger partial charge in [0.25, 0.3) is 0 Å². The molecule has 1 heterocycles. The molecule has 184 valence electrons. The van der Waals surface area contributed by atoms with E-state index in [1.165, 1.54) is 11.3 Å². The van der Waals surface area contributed by atoms with Gasteiger partial charge in [0.05, 0.1) is 20.6 Å². The summed E-state index contributed by atoms with van der Waals surface area (Å²) in [4.78, 5) is 30.3. The highest BCUT2D eigenvalue weighted by atomic mass is 32.1. The van der Waals surface area contributed by atoms with Gasteiger partial charge in [-0.1, -0.05) is 37.1 Å². The number of rotatable bonds is 9. The topological polar surface area (TPSA) is 67.9 Å². The number of methoxy groups -OCH3 is 2. The number of aryl methyl sites for hydroxylation is 1. The molecular weight excluding hydrogens is 460 g/mol. The highest BCUT2D eigenvalue weighted by Crippen LogP contribution is 2.35. The first kappa shape index (κ1) is 24.8. The van der Waals surface area contributed by atoms with Crippen molar-refractivity contribution >= 4 is 28.8 Å². The Hall–Kier alpha value is -3.32. The van der Waals surface area contributed by atoms with Gasteiger partial charge in [0.1, 0.15) is 6.04 Å². The summed E-state index contributed by atoms with van der Waals surface area (Å²) in [5.74, 6) is 0.751. The fourth-order valence-electron chi connectivity index (χ4n) is 4.65. The lowest BCUT2D eigenvalue weighted by Gasteiger charge is -2.33. The number of ether oxygens (including phenoxy) is 2. The van der Waals surface area contributed by atoms with Gasteiger partial charge < -0.3 is 14.8 Å². The van der Waals surface area contributed by atoms with Gasteiger partial charge in [-0.15, -0.1) is 11.3 Å². The minimum absolute atomic E-state index is 0.122. The van der Waals surface area contributed by atoms with Crippen molar-refractivity contribution in [2.75, 3.05) is 19.1 Å². The summed E-state index contributed by atoms with van der Waals surface area (Å²) >= 11 is 1.54. The Morgan fingerprint density at radius 3 is 2.46 bits per heavy atom. The van der Waals surface area contributed by atoms with Gasteiger partial charge >= 0.3 is 0 Å². The maximum atomic E-state index is 13.9. The second-order valence-corrected chi connectivity index (χ2v) is 9.90. The van der Waals surface area contributed by atoms with Crippen molar-refractivity contribution in [3.63, 3.8) is 0 Å². The van der Waals surface area contributed by atoms with Crippen molar-refractivity contribution in [1.82, 2.24) is 5.32 Å². The lowest BCUT2D eigenvalue weighted by Crippen LogP contribution is -2.46. The first-order valence-electron chi connectivity index (χ1n) is 11.9. The van der Waals surface area contributed by atoms with E-state index in [1.807, 2.05) is 54.8 Å². The van der Waals surface area contributed by atoms with Crippen molar-refractivity contribution in [2.24, 2.45) is 0 Å². The molecule has 0 aliphatic heterocycles. The number of carbonyl (C=O) groups excluding carboxylic acids is 2. The predicted octanol–water partition coefficient (Wildman–Crippen LogP) is 5.45. The number of hydrogen-bond acceptors (Lipinski definition) is 5. The second kappa shape index (κ2) is 11.4. The maximum absolute atomic E-state index is 13.9. The van der Waals surface area contributed by atoms with E-state index in [0.717, 1.165) is 36.1 Å². The van der Waals surface area contributed by atoms with E-state index in [1.54, 1.807) is 31.3 Å². The number of thiophene rings is 1. The predicted molar refractivity (Wildman–Crippen MR) is 139 cm³/mol. The zero-order valence-corrected chi connectivity index (χ0v) is 21.3. The fourth-order valence-corrected chi connectivity index (χ4v) is 5.35. The smallest absolute Gasteiger partial charge is 0.248 e. The van der Waals surface area contributed by atoms with Crippen LogP contribution >= 0.6 is 11.3 Å². The molecule has 35 heavy (non-hydrogen) atoms. The van der Waals surface area contributed by atoms with Crippen molar-refractivity contribution < 1.29 is 19.1 Å². The van der Waals surface area contributed by atoms with Crippen LogP contribution in [0.5, 0.6) is 11.5 Å². The van der Waals surface area contributed by atoms with Crippen LogP contribution in [0.1, 0.15) is 47.7 Å². The van der Waals surface area contributed by atoms with Crippen molar-refractivity contribution in [3.05, 3.63) is 76.0 Å². The van der Waals surface area contributed by atoms with Crippen LogP contribution in [0.2, 0.25) is 0 Å². The largest absolute Gasteiger partial charge is 0.493 e. The Kier molecular flexibility index (Phi) is 8.08. The van der Waals surface area contributed by atoms with E-state index in [-0.39, 0.29) is 24.3 Å². The molecule has 1 aliphatic rings. The van der Waals surface area contributed by atoms with Crippen LogP contribution in [0.4, 0.5) is 5.69 Å². The number of benzene rings is 2. The average molecular weight is 493 g/mol. The SMILES string of the molecule is COc1ccc(C(C(=O)NC2CCCC2)N(C(=O)Cc2cccs2)c2cccc(C)c2)cc1OC. The summed E-state index contributed by atoms with van der Waals surface area (Å²) in [6.07, 6.45) is 4.33. The molecule has 4 rings (SSSR count). The average Bonchev–Trinajstić information content (AvgIpc) is 3.56. The summed E-state index contributed by atoms with van der Waals surface area (Å²) in [5, 5.41) is 5.18. The Morgan fingerprint density at radius 1 is 1.03 bits per heavy atom. The highest BCUT2D eigenvalue weighted by molar-refractivity contribution is 7.10. The van der Waals surface area contributed by atoms with Gasteiger partial charge in [0, 0.05) is 16.6 Å². The van der Waals surface area contributed by atoms with E-state index in [2.05, 4.69) is 5.32 Å². The van der Waals surface area contributed by atoms with Crippen LogP contribution in [-0.4, -0.2) is 32.1 Å². The van der Waals surface area contributed by atoms with Gasteiger partial charge in [-0.2, -0.15) is 0 Å². The van der Waals surface area contributed by atoms with E-state index in [0.29, 0.717) is 22.7 Å². The summed E-state index contributed by atoms with van der Waals surface area (Å²) in [7, 11) is 3.14. The summed E-state index contributed by atoms with van der Waals surface area (Å²) < 4.78 is 10.9. The van der Waals surface area contributed by atoms with Crippen LogP contribution < -0.4 is 19.7 Å². The van der Waals surface area contributed by atoms with Crippen LogP contribution in [0.25, 0.3) is 0 Å². The van der Waals surface area contributed by atoms with Crippen LogP contribution in [0.15, 0.2) is 60.0 Å². The molecule has 1 aliphatic carbocycles. The number of anilines is 1. The summed E-state index contributed by atoms with van der Waals surface area (Å²) in [6, 6.07) is 16.3. The van der Waals surface area contributed by atoms with Crippen molar-refractivity contribution in [3.8, 4) is 11.5 Å². The molecule has 2 aromatic carbocycles. The van der Waals surface area contributed by atoms with E-state index in [9.17, 15) is 9.59 Å². The molecule has 7 heteroatoms. The Bertz CT molecular complexity index is 1160. The molecular formula is C28H32N2O4S. The number of nitrogens with one attached hydrogen (secondary N) is 1. The third kappa shape index (κ3) is 5.85. The normalized spacial score (nSPS) is 14.4. The molecule has 1 atom stereocenters. The van der Waals surface area contributed by atoms with Gasteiger partial charge in [0.15, 0.2) is 11.5 Å². The zero-order chi connectivity index (χ0) is 24.8. The zero-order valence-electron chi connectivity index (χ0n) is 20.5. The summed E-state index contributed by atoms with van der Waals surface area (Å²) in [6.45, 7) is 1.98. The fraction of sp³-hybridized carbons (Fsp3) is 0.357. The molecule has 0 spiro atoms. The molecule has 1 N–H and O–H groups in total. The van der Waals surface area contributed by atoms with E-state index >= 15 is 0 Å². The molecule has 1 aromatic heterocycles. The monoisotopic (exact) mass is 492 g/mol. The Morgan fingerprint density at radius 2 is 1.80 bits per heavy atom. The second-order valence-electron chi connectivity index (χ2n) is 8.87. The van der Waals surface area contributed by atoms with Gasteiger partial charge in [-0.25, -0.2) is 0 Å². The lowest BCUT2D eigenvalue weighted by molar-refractivity contribution is -0.127. The Labute approximate surface area is 210 Å². The van der Waals surface area contributed by atoms with Gasteiger partial charge in [-0.05, 0) is 66.6 Å². The minimum atomic E-state index is -0.857. The first-order valence-corrected chi connectivity index (χ1v) is 12.8. The molecule has 2 amide bonds. The quantitative estimate of drug-likeness (QED) is 0.431.